The summed E-state index contributed by atoms with van der Waals surface area (Å²) >= 11 is 0. The van der Waals surface area contributed by atoms with Crippen molar-refractivity contribution in [2.75, 3.05) is 68.1 Å². The van der Waals surface area contributed by atoms with Gasteiger partial charge in [-0.05, 0) is 30.0 Å². The number of rotatable bonds is 7. The molecule has 3 aromatic rings. The van der Waals surface area contributed by atoms with E-state index in [4.69, 9.17) is 14.2 Å². The molecule has 0 aromatic heterocycles. The van der Waals surface area contributed by atoms with Gasteiger partial charge in [0.05, 0.1) is 48.2 Å². The van der Waals surface area contributed by atoms with Crippen molar-refractivity contribution in [1.29, 1.82) is 0 Å². The lowest BCUT2D eigenvalue weighted by molar-refractivity contribution is -0.163. The minimum Gasteiger partial charge on any atom is -0.419 e. The number of piperazine rings is 1. The molecule has 4 aliphatic heterocycles. The molecule has 3 aromatic carbocycles. The highest BCUT2D eigenvalue weighted by atomic mass is 19.1. The van der Waals surface area contributed by atoms with Crippen LogP contribution in [0.5, 0.6) is 0 Å². The number of ether oxygens (including phenoxy) is 3. The van der Waals surface area contributed by atoms with Crippen molar-refractivity contribution in [3.05, 3.63) is 89.7 Å². The molecular weight excluding hydrogens is 535 g/mol. The molecule has 0 amide bonds. The molecule has 9 heteroatoms. The Kier molecular flexibility index (Phi) is 7.48. The van der Waals surface area contributed by atoms with Gasteiger partial charge in [-0.25, -0.2) is 4.39 Å². The maximum absolute atomic E-state index is 15.7. The van der Waals surface area contributed by atoms with E-state index >= 15 is 4.39 Å². The Balaban J connectivity index is 1.09. The van der Waals surface area contributed by atoms with Gasteiger partial charge in [-0.3, -0.25) is 9.69 Å². The highest BCUT2D eigenvalue weighted by Crippen LogP contribution is 2.44. The van der Waals surface area contributed by atoms with Gasteiger partial charge in [-0.1, -0.05) is 60.7 Å². The average Bonchev–Trinajstić information content (AvgIpc) is 3.81. The van der Waals surface area contributed by atoms with Gasteiger partial charge in [0.2, 0.25) is 0 Å². The molecule has 3 fully saturated rings. The molecule has 220 valence electrons. The SMILES string of the molecule is O=C(OC1(C2CCOC2)Nc2cc(F)c(N3CCN(C(c4ccccc4)c4ccccc4)CC3)cc2N1)C1CCOC1. The van der Waals surface area contributed by atoms with E-state index < -0.39 is 5.85 Å². The number of hydrogen-bond acceptors (Lipinski definition) is 8. The number of nitrogens with one attached hydrogen (secondary N) is 2. The normalized spacial score (nSPS) is 25.7. The van der Waals surface area contributed by atoms with Gasteiger partial charge in [0.1, 0.15) is 5.82 Å². The van der Waals surface area contributed by atoms with E-state index in [-0.39, 0.29) is 29.7 Å². The highest BCUT2D eigenvalue weighted by Gasteiger charge is 2.50. The topological polar surface area (TPSA) is 75.3 Å². The fourth-order valence-electron chi connectivity index (χ4n) is 6.70. The van der Waals surface area contributed by atoms with Gasteiger partial charge in [-0.15, -0.1) is 0 Å². The molecule has 4 aliphatic rings. The zero-order valence-corrected chi connectivity index (χ0v) is 23.6. The Hall–Kier alpha value is -3.66. The van der Waals surface area contributed by atoms with Crippen LogP contribution in [0.2, 0.25) is 0 Å². The van der Waals surface area contributed by atoms with E-state index in [2.05, 4.69) is 69.0 Å². The van der Waals surface area contributed by atoms with Crippen LogP contribution in [-0.4, -0.2) is 69.3 Å². The van der Waals surface area contributed by atoms with E-state index in [0.29, 0.717) is 57.3 Å². The van der Waals surface area contributed by atoms with E-state index in [9.17, 15) is 4.79 Å². The van der Waals surface area contributed by atoms with Crippen LogP contribution in [0.4, 0.5) is 21.5 Å². The van der Waals surface area contributed by atoms with Crippen LogP contribution in [0.25, 0.3) is 0 Å². The standard InChI is InChI=1S/C33H37FN4O4/c34-27-19-28-29(36-33(35-28,26-12-18-41-22-26)42-32(39)25-11-17-40-21-25)20-30(27)37-13-15-38(16-14-37)31(23-7-3-1-4-8-23)24-9-5-2-6-10-24/h1-10,19-20,25-26,31,35-36H,11-18,21-22H2. The summed E-state index contributed by atoms with van der Waals surface area (Å²) in [6.45, 7) is 4.93. The summed E-state index contributed by atoms with van der Waals surface area (Å²) in [6.07, 6.45) is 1.37. The number of carbonyl (C=O) groups is 1. The minimum atomic E-state index is -1.18. The van der Waals surface area contributed by atoms with Gasteiger partial charge in [0, 0.05) is 45.5 Å². The summed E-state index contributed by atoms with van der Waals surface area (Å²) in [5.41, 5.74) is 4.37. The van der Waals surface area contributed by atoms with Crippen LogP contribution in [-0.2, 0) is 19.0 Å². The second-order valence-corrected chi connectivity index (χ2v) is 11.6. The molecule has 4 heterocycles. The molecule has 2 N–H and O–H groups in total. The predicted octanol–water partition coefficient (Wildman–Crippen LogP) is 4.84. The van der Waals surface area contributed by atoms with Gasteiger partial charge in [0.25, 0.3) is 5.85 Å². The van der Waals surface area contributed by atoms with Gasteiger partial charge >= 0.3 is 5.97 Å². The molecule has 3 atom stereocenters. The molecule has 0 aliphatic carbocycles. The molecule has 0 spiro atoms. The fourth-order valence-corrected chi connectivity index (χ4v) is 6.70. The maximum atomic E-state index is 15.7. The Morgan fingerprint density at radius 2 is 1.48 bits per heavy atom. The van der Waals surface area contributed by atoms with Crippen molar-refractivity contribution in [1.82, 2.24) is 4.90 Å². The molecule has 42 heavy (non-hydrogen) atoms. The van der Waals surface area contributed by atoms with Crippen molar-refractivity contribution >= 4 is 23.0 Å². The number of hydrogen-bond donors (Lipinski definition) is 2. The number of nitrogens with zero attached hydrogens (tertiary/aromatic N) is 2. The molecule has 0 bridgehead atoms. The first-order valence-electron chi connectivity index (χ1n) is 15.0. The van der Waals surface area contributed by atoms with Gasteiger partial charge in [0.15, 0.2) is 0 Å². The minimum absolute atomic E-state index is 0.112. The number of esters is 1. The molecular formula is C33H37FN4O4. The second kappa shape index (κ2) is 11.6. The zero-order chi connectivity index (χ0) is 28.5. The number of benzene rings is 3. The van der Waals surface area contributed by atoms with Crippen molar-refractivity contribution in [2.45, 2.75) is 24.7 Å². The third-order valence-electron chi connectivity index (χ3n) is 9.01. The Bertz CT molecular complexity index is 1350. The van der Waals surface area contributed by atoms with Crippen molar-refractivity contribution in [3.8, 4) is 0 Å². The molecule has 3 saturated heterocycles. The van der Waals surface area contributed by atoms with Crippen molar-refractivity contribution < 1.29 is 23.4 Å². The van der Waals surface area contributed by atoms with Gasteiger partial charge < -0.3 is 29.7 Å². The summed E-state index contributed by atoms with van der Waals surface area (Å²) in [5.74, 6) is -2.20. The Morgan fingerprint density at radius 1 is 0.857 bits per heavy atom. The van der Waals surface area contributed by atoms with Crippen LogP contribution in [0, 0.1) is 17.7 Å². The zero-order valence-electron chi connectivity index (χ0n) is 23.6. The molecule has 7 rings (SSSR count). The monoisotopic (exact) mass is 572 g/mol. The van der Waals surface area contributed by atoms with E-state index in [1.165, 1.54) is 17.2 Å². The quantitative estimate of drug-likeness (QED) is 0.390. The van der Waals surface area contributed by atoms with E-state index in [1.54, 1.807) is 0 Å². The van der Waals surface area contributed by atoms with Crippen LogP contribution in [0.1, 0.15) is 30.0 Å². The highest BCUT2D eigenvalue weighted by molar-refractivity contribution is 5.82. The lowest BCUT2D eigenvalue weighted by atomic mass is 9.96. The van der Waals surface area contributed by atoms with E-state index in [0.717, 1.165) is 25.2 Å². The van der Waals surface area contributed by atoms with Crippen LogP contribution < -0.4 is 15.5 Å². The summed E-state index contributed by atoms with van der Waals surface area (Å²) < 4.78 is 32.9. The smallest absolute Gasteiger partial charge is 0.314 e. The third-order valence-corrected chi connectivity index (χ3v) is 9.01. The van der Waals surface area contributed by atoms with Crippen LogP contribution >= 0.6 is 0 Å². The molecule has 8 nitrogen and oxygen atoms in total. The number of halogens is 1. The average molecular weight is 573 g/mol. The summed E-state index contributed by atoms with van der Waals surface area (Å²) in [5, 5.41) is 6.77. The van der Waals surface area contributed by atoms with E-state index in [1.807, 2.05) is 18.2 Å². The van der Waals surface area contributed by atoms with Gasteiger partial charge in [-0.2, -0.15) is 0 Å². The number of carbonyl (C=O) groups excluding carboxylic acids is 1. The molecule has 3 unspecified atom stereocenters. The van der Waals surface area contributed by atoms with Crippen molar-refractivity contribution in [2.24, 2.45) is 11.8 Å². The lowest BCUT2D eigenvalue weighted by Gasteiger charge is -2.40. The third kappa shape index (κ3) is 5.21. The summed E-state index contributed by atoms with van der Waals surface area (Å²) in [4.78, 5) is 17.7. The van der Waals surface area contributed by atoms with Crippen molar-refractivity contribution in [3.63, 3.8) is 0 Å². The van der Waals surface area contributed by atoms with Crippen LogP contribution in [0.3, 0.4) is 0 Å². The Morgan fingerprint density at radius 3 is 2.07 bits per heavy atom. The largest absolute Gasteiger partial charge is 0.419 e. The number of fused-ring (bicyclic) bond motifs is 1. The first-order chi connectivity index (χ1) is 20.6. The number of anilines is 3. The Labute approximate surface area is 245 Å². The molecule has 0 saturated carbocycles. The first kappa shape index (κ1) is 27.2. The summed E-state index contributed by atoms with van der Waals surface area (Å²) in [7, 11) is 0. The lowest BCUT2D eigenvalue weighted by Crippen LogP contribution is -2.54. The predicted molar refractivity (Wildman–Crippen MR) is 159 cm³/mol. The maximum Gasteiger partial charge on any atom is 0.314 e. The summed E-state index contributed by atoms with van der Waals surface area (Å²) in [6, 6.07) is 24.6. The first-order valence-corrected chi connectivity index (χ1v) is 15.0. The molecule has 0 radical (unpaired) electrons. The fraction of sp³-hybridized carbons (Fsp3) is 0.424. The second-order valence-electron chi connectivity index (χ2n) is 11.6. The van der Waals surface area contributed by atoms with Crippen LogP contribution in [0.15, 0.2) is 72.8 Å².